The Morgan fingerprint density at radius 1 is 0.976 bits per heavy atom. The number of aromatic nitrogens is 2. The van der Waals surface area contributed by atoms with Gasteiger partial charge >= 0.3 is 0 Å². The van der Waals surface area contributed by atoms with Crippen molar-refractivity contribution >= 4 is 34.0 Å². The second kappa shape index (κ2) is 12.1. The van der Waals surface area contributed by atoms with E-state index in [9.17, 15) is 13.6 Å². The first kappa shape index (κ1) is 28.1. The molecule has 0 saturated carbocycles. The van der Waals surface area contributed by atoms with E-state index in [1.807, 2.05) is 37.3 Å². The quantitative estimate of drug-likeness (QED) is 0.267. The fourth-order valence-corrected chi connectivity index (χ4v) is 5.76. The number of piperazine rings is 1. The van der Waals surface area contributed by atoms with E-state index in [4.69, 9.17) is 4.74 Å². The number of fused-ring (bicyclic) bond motifs is 1. The number of carbonyl (C=O) groups is 1. The molecule has 10 heteroatoms. The number of nitrogens with zero attached hydrogens (tertiary/aromatic N) is 3. The standard InChI is InChI=1S/C32H36F2N6O2/c1-20(22-15-23(33)18-24(34)16-22)21-3-6-29-28(17-21)31(38-37-29)36-32(41)27-5-4-26(40-11-9-39(2)10-12-40)19-30(27)35-25-7-13-42-14-8-25/h3-6,15-20,25,35H,7-14H2,1-2H3,(H2,36,37,38,41)/t20-/m0/s1. The summed E-state index contributed by atoms with van der Waals surface area (Å²) in [6, 6.07) is 15.4. The van der Waals surface area contributed by atoms with E-state index in [1.165, 1.54) is 12.1 Å². The number of aromatic amines is 1. The highest BCUT2D eigenvalue weighted by Gasteiger charge is 2.22. The number of ether oxygens (including phenoxy) is 1. The minimum absolute atomic E-state index is 0.218. The van der Waals surface area contributed by atoms with Gasteiger partial charge in [-0.1, -0.05) is 13.0 Å². The van der Waals surface area contributed by atoms with Gasteiger partial charge in [-0.05, 0) is 73.5 Å². The van der Waals surface area contributed by atoms with Crippen molar-refractivity contribution in [1.29, 1.82) is 0 Å². The molecular weight excluding hydrogens is 538 g/mol. The van der Waals surface area contributed by atoms with Gasteiger partial charge in [0.1, 0.15) is 11.6 Å². The third kappa shape index (κ3) is 6.10. The number of hydrogen-bond donors (Lipinski definition) is 3. The second-order valence-corrected chi connectivity index (χ2v) is 11.3. The van der Waals surface area contributed by atoms with Crippen LogP contribution in [0.3, 0.4) is 0 Å². The molecule has 2 aliphatic rings. The van der Waals surface area contributed by atoms with Gasteiger partial charge in [0.05, 0.1) is 11.1 Å². The molecule has 2 fully saturated rings. The number of rotatable bonds is 7. The van der Waals surface area contributed by atoms with Crippen LogP contribution in [0, 0.1) is 11.6 Å². The summed E-state index contributed by atoms with van der Waals surface area (Å²) in [6.07, 6.45) is 1.75. The van der Waals surface area contributed by atoms with Gasteiger partial charge in [-0.2, -0.15) is 5.10 Å². The zero-order valence-corrected chi connectivity index (χ0v) is 23.9. The molecule has 3 aromatic carbocycles. The van der Waals surface area contributed by atoms with Crippen molar-refractivity contribution in [1.82, 2.24) is 15.1 Å². The summed E-state index contributed by atoms with van der Waals surface area (Å²) in [7, 11) is 2.13. The molecule has 2 saturated heterocycles. The van der Waals surface area contributed by atoms with Crippen LogP contribution in [0.4, 0.5) is 26.0 Å². The molecule has 6 rings (SSSR count). The molecular formula is C32H36F2N6O2. The molecule has 42 heavy (non-hydrogen) atoms. The summed E-state index contributed by atoms with van der Waals surface area (Å²) in [5.41, 5.74) is 4.55. The molecule has 0 unspecified atom stereocenters. The lowest BCUT2D eigenvalue weighted by molar-refractivity contribution is 0.0904. The Morgan fingerprint density at radius 3 is 2.45 bits per heavy atom. The van der Waals surface area contributed by atoms with Gasteiger partial charge in [0.2, 0.25) is 0 Å². The molecule has 2 aliphatic heterocycles. The summed E-state index contributed by atoms with van der Waals surface area (Å²) < 4.78 is 33.3. The summed E-state index contributed by atoms with van der Waals surface area (Å²) >= 11 is 0. The van der Waals surface area contributed by atoms with Crippen LogP contribution in [0.1, 0.15) is 47.2 Å². The lowest BCUT2D eigenvalue weighted by Gasteiger charge is -2.34. The largest absolute Gasteiger partial charge is 0.381 e. The number of carbonyl (C=O) groups excluding carboxylic acids is 1. The fraction of sp³-hybridized carbons (Fsp3) is 0.375. The summed E-state index contributed by atoms with van der Waals surface area (Å²) in [6.45, 7) is 7.13. The fourth-order valence-electron chi connectivity index (χ4n) is 5.76. The number of amides is 1. The smallest absolute Gasteiger partial charge is 0.258 e. The third-order valence-electron chi connectivity index (χ3n) is 8.40. The van der Waals surface area contributed by atoms with Crippen LogP contribution in [0.15, 0.2) is 54.6 Å². The van der Waals surface area contributed by atoms with Crippen molar-refractivity contribution in [2.75, 3.05) is 62.0 Å². The van der Waals surface area contributed by atoms with Crippen LogP contribution in [0.25, 0.3) is 10.9 Å². The number of benzene rings is 3. The van der Waals surface area contributed by atoms with E-state index < -0.39 is 11.6 Å². The first-order valence-corrected chi connectivity index (χ1v) is 14.5. The average molecular weight is 575 g/mol. The van der Waals surface area contributed by atoms with E-state index in [1.54, 1.807) is 0 Å². The number of likely N-dealkylation sites (N-methyl/N-ethyl adjacent to an activating group) is 1. The molecule has 8 nitrogen and oxygen atoms in total. The minimum atomic E-state index is -0.613. The monoisotopic (exact) mass is 574 g/mol. The van der Waals surface area contributed by atoms with Gasteiger partial charge in [-0.25, -0.2) is 8.78 Å². The van der Waals surface area contributed by atoms with Crippen molar-refractivity contribution in [2.45, 2.75) is 31.7 Å². The molecule has 1 aromatic heterocycles. The lowest BCUT2D eigenvalue weighted by Crippen LogP contribution is -2.44. The zero-order valence-electron chi connectivity index (χ0n) is 23.9. The number of hydrogen-bond acceptors (Lipinski definition) is 6. The first-order chi connectivity index (χ1) is 20.3. The van der Waals surface area contributed by atoms with Crippen LogP contribution in [-0.2, 0) is 4.74 Å². The van der Waals surface area contributed by atoms with Crippen LogP contribution in [-0.4, -0.2) is 73.5 Å². The Bertz CT molecular complexity index is 1560. The van der Waals surface area contributed by atoms with Gasteiger partial charge in [0, 0.05) is 74.2 Å². The van der Waals surface area contributed by atoms with E-state index >= 15 is 0 Å². The van der Waals surface area contributed by atoms with Gasteiger partial charge in [-0.15, -0.1) is 0 Å². The predicted molar refractivity (Wildman–Crippen MR) is 162 cm³/mol. The Kier molecular flexibility index (Phi) is 8.08. The zero-order chi connectivity index (χ0) is 29.2. The van der Waals surface area contributed by atoms with Gasteiger partial charge in [0.15, 0.2) is 5.82 Å². The molecule has 0 spiro atoms. The van der Waals surface area contributed by atoms with Crippen molar-refractivity contribution in [3.8, 4) is 0 Å². The molecule has 1 amide bonds. The maximum Gasteiger partial charge on any atom is 0.258 e. The van der Waals surface area contributed by atoms with Gasteiger partial charge in [0.25, 0.3) is 5.91 Å². The molecule has 0 radical (unpaired) electrons. The third-order valence-corrected chi connectivity index (χ3v) is 8.40. The Hall–Kier alpha value is -4.02. The van der Waals surface area contributed by atoms with Gasteiger partial charge < -0.3 is 25.2 Å². The SMILES string of the molecule is C[C@H](c1cc(F)cc(F)c1)c1ccc2[nH]nc(NC(=O)c3ccc(N4CCN(C)CC4)cc3NC3CCOCC3)c2c1. The number of halogens is 2. The Labute approximate surface area is 244 Å². The van der Waals surface area contributed by atoms with E-state index in [-0.39, 0.29) is 17.9 Å². The summed E-state index contributed by atoms with van der Waals surface area (Å²) in [5.74, 6) is -1.37. The van der Waals surface area contributed by atoms with E-state index in [2.05, 4.69) is 43.7 Å². The molecule has 3 N–H and O–H groups in total. The lowest BCUT2D eigenvalue weighted by atomic mass is 9.92. The van der Waals surface area contributed by atoms with E-state index in [0.717, 1.165) is 72.9 Å². The first-order valence-electron chi connectivity index (χ1n) is 14.5. The molecule has 0 bridgehead atoms. The maximum absolute atomic E-state index is 13.9. The normalized spacial score (nSPS) is 17.4. The Balaban J connectivity index is 1.27. The number of anilines is 3. The molecule has 4 aromatic rings. The predicted octanol–water partition coefficient (Wildman–Crippen LogP) is 5.59. The average Bonchev–Trinajstić information content (AvgIpc) is 3.39. The Morgan fingerprint density at radius 2 is 1.71 bits per heavy atom. The number of nitrogens with one attached hydrogen (secondary N) is 3. The molecule has 0 aliphatic carbocycles. The van der Waals surface area contributed by atoms with Crippen molar-refractivity contribution in [3.63, 3.8) is 0 Å². The van der Waals surface area contributed by atoms with Crippen LogP contribution in [0.5, 0.6) is 0 Å². The second-order valence-electron chi connectivity index (χ2n) is 11.3. The topological polar surface area (TPSA) is 85.5 Å². The molecule has 1 atom stereocenters. The minimum Gasteiger partial charge on any atom is -0.381 e. The maximum atomic E-state index is 13.9. The molecule has 3 heterocycles. The van der Waals surface area contributed by atoms with E-state index in [0.29, 0.717) is 30.2 Å². The highest BCUT2D eigenvalue weighted by molar-refractivity contribution is 6.11. The summed E-state index contributed by atoms with van der Waals surface area (Å²) in [4.78, 5) is 18.4. The van der Waals surface area contributed by atoms with Crippen LogP contribution < -0.4 is 15.5 Å². The number of H-pyrrole nitrogens is 1. The summed E-state index contributed by atoms with van der Waals surface area (Å²) in [5, 5.41) is 14.7. The van der Waals surface area contributed by atoms with Gasteiger partial charge in [-0.3, -0.25) is 9.89 Å². The van der Waals surface area contributed by atoms with Crippen LogP contribution >= 0.6 is 0 Å². The highest BCUT2D eigenvalue weighted by atomic mass is 19.1. The van der Waals surface area contributed by atoms with Crippen molar-refractivity contribution in [3.05, 3.63) is 82.9 Å². The highest BCUT2D eigenvalue weighted by Crippen LogP contribution is 2.32. The molecule has 220 valence electrons. The van der Waals surface area contributed by atoms with Crippen molar-refractivity contribution in [2.24, 2.45) is 0 Å². The van der Waals surface area contributed by atoms with Crippen LogP contribution in [0.2, 0.25) is 0 Å². The van der Waals surface area contributed by atoms with Crippen molar-refractivity contribution < 1.29 is 18.3 Å².